The second-order valence-corrected chi connectivity index (χ2v) is 14.4. The first-order valence-corrected chi connectivity index (χ1v) is 19.4. The Morgan fingerprint density at radius 3 is 1.93 bits per heavy atom. The molecule has 0 aliphatic carbocycles. The minimum Gasteiger partial charge on any atom is -0.453 e. The fourth-order valence-electron chi connectivity index (χ4n) is 7.42. The standard InChI is InChI=1S/C44H47N3O11/c1-28-36(34(26-50-25-30-15-7-3-8-16-30)53-43(51-24-23-46-47-45)38(28)55-40(48)31-17-9-4-10-18-31)58-44-39(56-41(49)32-19-11-5-12-20-32)29(2)37-35(54-44)27-52-42(57-37)33-21-13-6-14-22-33/h3-22,28-29,34-39,42-44H,23-27H2,1-2H3. The van der Waals surface area contributed by atoms with Crippen LogP contribution in [-0.4, -0.2) is 87.5 Å². The molecule has 3 fully saturated rings. The van der Waals surface area contributed by atoms with Crippen molar-refractivity contribution >= 4 is 11.9 Å². The summed E-state index contributed by atoms with van der Waals surface area (Å²) in [6.45, 7) is 4.34. The number of ether oxygens (including phenoxy) is 9. The summed E-state index contributed by atoms with van der Waals surface area (Å²) in [6.07, 6.45) is -7.57. The lowest BCUT2D eigenvalue weighted by molar-refractivity contribution is -0.375. The fraction of sp³-hybridized carbons (Fsp3) is 0.409. The summed E-state index contributed by atoms with van der Waals surface area (Å²) in [5, 5.41) is 3.58. The summed E-state index contributed by atoms with van der Waals surface area (Å²) in [5.41, 5.74) is 11.4. The van der Waals surface area contributed by atoms with Crippen LogP contribution in [0, 0.1) is 11.8 Å². The predicted octanol–water partition coefficient (Wildman–Crippen LogP) is 7.20. The number of hydrogen-bond donors (Lipinski definition) is 0. The number of fused-ring (bicyclic) bond motifs is 1. The fourth-order valence-corrected chi connectivity index (χ4v) is 7.42. The molecule has 0 aromatic heterocycles. The van der Waals surface area contributed by atoms with Crippen LogP contribution < -0.4 is 0 Å². The summed E-state index contributed by atoms with van der Waals surface area (Å²) in [7, 11) is 0. The number of benzene rings is 4. The van der Waals surface area contributed by atoms with Crippen molar-refractivity contribution in [3.63, 3.8) is 0 Å². The van der Waals surface area contributed by atoms with Gasteiger partial charge in [-0.1, -0.05) is 116 Å². The van der Waals surface area contributed by atoms with Crippen molar-refractivity contribution < 1.29 is 52.2 Å². The first-order chi connectivity index (χ1) is 28.4. The van der Waals surface area contributed by atoms with Crippen LogP contribution >= 0.6 is 0 Å². The van der Waals surface area contributed by atoms with Gasteiger partial charge >= 0.3 is 11.9 Å². The maximum Gasteiger partial charge on any atom is 0.338 e. The van der Waals surface area contributed by atoms with E-state index < -0.39 is 79.3 Å². The second-order valence-electron chi connectivity index (χ2n) is 14.4. The maximum atomic E-state index is 13.7. The Morgan fingerprint density at radius 2 is 1.31 bits per heavy atom. The van der Waals surface area contributed by atoms with Crippen LogP contribution in [0.3, 0.4) is 0 Å². The summed E-state index contributed by atoms with van der Waals surface area (Å²) in [5.74, 6) is -2.17. The molecule has 0 amide bonds. The molecule has 3 saturated heterocycles. The number of azide groups is 1. The van der Waals surface area contributed by atoms with Crippen LogP contribution in [0.25, 0.3) is 10.4 Å². The van der Waals surface area contributed by atoms with Crippen molar-refractivity contribution in [1.82, 2.24) is 0 Å². The van der Waals surface area contributed by atoms with E-state index >= 15 is 0 Å². The zero-order valence-corrected chi connectivity index (χ0v) is 32.3. The van der Waals surface area contributed by atoms with E-state index in [0.29, 0.717) is 11.1 Å². The molecule has 7 rings (SSSR count). The molecule has 11 unspecified atom stereocenters. The van der Waals surface area contributed by atoms with Gasteiger partial charge < -0.3 is 42.6 Å². The van der Waals surface area contributed by atoms with E-state index in [9.17, 15) is 9.59 Å². The van der Waals surface area contributed by atoms with Crippen LogP contribution in [0.4, 0.5) is 0 Å². The average molecular weight is 794 g/mol. The van der Waals surface area contributed by atoms with Crippen molar-refractivity contribution in [2.45, 2.75) is 75.9 Å². The van der Waals surface area contributed by atoms with Gasteiger partial charge in [0.05, 0.1) is 49.8 Å². The zero-order chi connectivity index (χ0) is 40.3. The second kappa shape index (κ2) is 20.0. The molecule has 14 heteroatoms. The number of nitrogens with zero attached hydrogens (tertiary/aromatic N) is 3. The Hall–Kier alpha value is -5.15. The van der Waals surface area contributed by atoms with E-state index in [1.807, 2.05) is 80.6 Å². The number of carbonyl (C=O) groups is 2. The lowest BCUT2D eigenvalue weighted by Gasteiger charge is -2.50. The molecule has 0 spiro atoms. The number of carbonyl (C=O) groups excluding carboxylic acids is 2. The van der Waals surface area contributed by atoms with Crippen molar-refractivity contribution in [2.24, 2.45) is 17.0 Å². The summed E-state index contributed by atoms with van der Waals surface area (Å²) in [6, 6.07) is 36.6. The molecule has 0 radical (unpaired) electrons. The lowest BCUT2D eigenvalue weighted by Crippen LogP contribution is -2.63. The van der Waals surface area contributed by atoms with E-state index in [1.165, 1.54) is 0 Å². The number of esters is 2. The van der Waals surface area contributed by atoms with E-state index in [2.05, 4.69) is 10.0 Å². The van der Waals surface area contributed by atoms with Crippen LogP contribution in [0.5, 0.6) is 0 Å². The smallest absolute Gasteiger partial charge is 0.338 e. The molecule has 0 bridgehead atoms. The quantitative estimate of drug-likeness (QED) is 0.0393. The van der Waals surface area contributed by atoms with E-state index in [-0.39, 0.29) is 33.0 Å². The largest absolute Gasteiger partial charge is 0.453 e. The predicted molar refractivity (Wildman–Crippen MR) is 208 cm³/mol. The third-order valence-electron chi connectivity index (χ3n) is 10.5. The Labute approximate surface area is 336 Å². The highest BCUT2D eigenvalue weighted by Gasteiger charge is 2.54. The van der Waals surface area contributed by atoms with Gasteiger partial charge in [0.15, 0.2) is 31.1 Å². The molecule has 11 atom stereocenters. The molecule has 3 heterocycles. The summed E-state index contributed by atoms with van der Waals surface area (Å²) in [4.78, 5) is 30.1. The first-order valence-electron chi connectivity index (χ1n) is 19.4. The third-order valence-corrected chi connectivity index (χ3v) is 10.5. The van der Waals surface area contributed by atoms with E-state index in [0.717, 1.165) is 11.1 Å². The van der Waals surface area contributed by atoms with Crippen molar-refractivity contribution in [1.29, 1.82) is 0 Å². The molecule has 14 nitrogen and oxygen atoms in total. The van der Waals surface area contributed by atoms with Crippen molar-refractivity contribution in [2.75, 3.05) is 26.4 Å². The molecule has 58 heavy (non-hydrogen) atoms. The van der Waals surface area contributed by atoms with Crippen LogP contribution in [0.1, 0.15) is 52.0 Å². The lowest BCUT2D eigenvalue weighted by atomic mass is 9.88. The first kappa shape index (κ1) is 41.0. The average Bonchev–Trinajstić information content (AvgIpc) is 3.27. The minimum atomic E-state index is -1.13. The van der Waals surface area contributed by atoms with E-state index in [4.69, 9.17) is 48.2 Å². The molecule has 0 saturated carbocycles. The van der Waals surface area contributed by atoms with Gasteiger partial charge in [0.2, 0.25) is 0 Å². The highest BCUT2D eigenvalue weighted by molar-refractivity contribution is 5.90. The molecule has 4 aromatic carbocycles. The summed E-state index contributed by atoms with van der Waals surface area (Å²) < 4.78 is 57.5. The Bertz CT molecular complexity index is 1950. The Morgan fingerprint density at radius 1 is 0.724 bits per heavy atom. The Kier molecular flexibility index (Phi) is 14.2. The van der Waals surface area contributed by atoms with Gasteiger partial charge in [0.25, 0.3) is 0 Å². The number of hydrogen-bond acceptors (Lipinski definition) is 12. The van der Waals surface area contributed by atoms with Crippen LogP contribution in [-0.2, 0) is 49.2 Å². The number of rotatable bonds is 15. The van der Waals surface area contributed by atoms with E-state index in [1.54, 1.807) is 54.6 Å². The highest BCUT2D eigenvalue weighted by atomic mass is 16.8. The molecule has 3 aliphatic rings. The molecule has 0 N–H and O–H groups in total. The topological polar surface area (TPSA) is 166 Å². The molecule has 3 aliphatic heterocycles. The molecular formula is C44H47N3O11. The highest BCUT2D eigenvalue weighted by Crippen LogP contribution is 2.41. The van der Waals surface area contributed by atoms with Crippen LogP contribution in [0.2, 0.25) is 0 Å². The van der Waals surface area contributed by atoms with Crippen LogP contribution in [0.15, 0.2) is 126 Å². The van der Waals surface area contributed by atoms with Gasteiger partial charge in [-0.2, -0.15) is 0 Å². The zero-order valence-electron chi connectivity index (χ0n) is 32.3. The SMILES string of the molecule is CC1C2OC(c3ccccc3)OCC2OC(OC2C(COCc3ccccc3)OC(OCCN=[N+]=[N-])C(OC(=O)c3ccccc3)C2C)C1OC(=O)c1ccccc1. The Balaban J connectivity index is 1.18. The van der Waals surface area contributed by atoms with Gasteiger partial charge in [-0.3, -0.25) is 0 Å². The monoisotopic (exact) mass is 793 g/mol. The normalized spacial score (nSPS) is 29.3. The van der Waals surface area contributed by atoms with Crippen molar-refractivity contribution in [3.05, 3.63) is 154 Å². The minimum absolute atomic E-state index is 0.00223. The molecular weight excluding hydrogens is 746 g/mol. The van der Waals surface area contributed by atoms with Gasteiger partial charge in [-0.15, -0.1) is 0 Å². The van der Waals surface area contributed by atoms with Crippen molar-refractivity contribution in [3.8, 4) is 0 Å². The van der Waals surface area contributed by atoms with Gasteiger partial charge in [0, 0.05) is 28.9 Å². The van der Waals surface area contributed by atoms with Gasteiger partial charge in [-0.05, 0) is 35.4 Å². The molecule has 4 aromatic rings. The maximum absolute atomic E-state index is 13.7. The molecule has 304 valence electrons. The van der Waals surface area contributed by atoms with Gasteiger partial charge in [-0.25, -0.2) is 9.59 Å². The summed E-state index contributed by atoms with van der Waals surface area (Å²) >= 11 is 0. The van der Waals surface area contributed by atoms with Gasteiger partial charge in [0.1, 0.15) is 12.2 Å². The third kappa shape index (κ3) is 10.1.